The number of hydrogen-bond acceptors (Lipinski definition) is 2. The van der Waals surface area contributed by atoms with Crippen LogP contribution >= 0.6 is 0 Å². The Kier molecular flexibility index (Phi) is 3.79. The van der Waals surface area contributed by atoms with Crippen LogP contribution in [0, 0.1) is 11.8 Å². The van der Waals surface area contributed by atoms with E-state index in [0.29, 0.717) is 5.92 Å². The van der Waals surface area contributed by atoms with Crippen molar-refractivity contribution >= 4 is 12.6 Å². The molecule has 0 aromatic carbocycles. The number of quaternary nitrogens is 1. The maximum absolute atomic E-state index is 4.60. The number of aliphatic imine (C=N–C) groups is 2. The van der Waals surface area contributed by atoms with Gasteiger partial charge in [0.2, 0.25) is 0 Å². The van der Waals surface area contributed by atoms with E-state index in [9.17, 15) is 0 Å². The predicted octanol–water partition coefficient (Wildman–Crippen LogP) is -1.49. The number of nitrogens with one attached hydrogen (secondary N) is 1. The normalized spacial score (nSPS) is 34.8. The van der Waals surface area contributed by atoms with E-state index in [1.54, 1.807) is 0 Å². The highest BCUT2D eigenvalue weighted by Gasteiger charge is 2.31. The van der Waals surface area contributed by atoms with Crippen LogP contribution in [-0.4, -0.2) is 12.6 Å². The van der Waals surface area contributed by atoms with E-state index >= 15 is 0 Å². The van der Waals surface area contributed by atoms with Crippen molar-refractivity contribution in [3.63, 3.8) is 0 Å². The molecule has 1 N–H and O–H groups in total. The zero-order chi connectivity index (χ0) is 11.0. The summed E-state index contributed by atoms with van der Waals surface area (Å²) >= 11 is 0. The number of nitrogens with zero attached hydrogens (tertiary/aromatic N) is 2. The topological polar surface area (TPSA) is 29.2 Å². The van der Waals surface area contributed by atoms with E-state index in [4.69, 9.17) is 0 Å². The van der Waals surface area contributed by atoms with Gasteiger partial charge >= 0.3 is 0 Å². The lowest BCUT2D eigenvalue weighted by Gasteiger charge is -2.25. The lowest BCUT2D eigenvalue weighted by atomic mass is 9.81. The molecular formula is C13H18ClN3. The molecule has 3 aliphatic rings. The van der Waals surface area contributed by atoms with E-state index in [-0.39, 0.29) is 12.4 Å². The van der Waals surface area contributed by atoms with Gasteiger partial charge in [0.25, 0.3) is 0 Å². The molecule has 2 aliphatic heterocycles. The lowest BCUT2D eigenvalue weighted by Crippen LogP contribution is -3.04. The van der Waals surface area contributed by atoms with Crippen molar-refractivity contribution < 1.29 is 17.3 Å². The fraction of sp³-hybridized carbons (Fsp3) is 0.538. The fourth-order valence-electron chi connectivity index (χ4n) is 2.80. The standard InChI is InChI=1S/C13H17N3.ClH/c1-10-2-4-11(5-3-10)13-12-8-14-6-7-16(12)9-15-13;/h6-11H,2-5H2,1H3;1H. The maximum Gasteiger partial charge on any atom is 0.198 e. The minimum absolute atomic E-state index is 0. The monoisotopic (exact) mass is 251 g/mol. The van der Waals surface area contributed by atoms with Crippen molar-refractivity contribution in [3.05, 3.63) is 23.8 Å². The molecule has 2 heterocycles. The Morgan fingerprint density at radius 2 is 2.00 bits per heavy atom. The van der Waals surface area contributed by atoms with Crippen LogP contribution in [0.15, 0.2) is 33.8 Å². The summed E-state index contributed by atoms with van der Waals surface area (Å²) in [5.74, 6) is 1.56. The minimum atomic E-state index is 0. The first-order valence-electron chi connectivity index (χ1n) is 6.20. The van der Waals surface area contributed by atoms with Gasteiger partial charge in [0.1, 0.15) is 11.9 Å². The highest BCUT2D eigenvalue weighted by atomic mass is 35.5. The zero-order valence-corrected chi connectivity index (χ0v) is 10.8. The van der Waals surface area contributed by atoms with E-state index in [0.717, 1.165) is 5.92 Å². The number of allylic oxidation sites excluding steroid dienone is 2. The molecular weight excluding hydrogens is 234 g/mol. The van der Waals surface area contributed by atoms with Gasteiger partial charge in [-0.1, -0.05) is 19.8 Å². The number of hydrogen-bond donors (Lipinski definition) is 1. The molecule has 0 bridgehead atoms. The van der Waals surface area contributed by atoms with Gasteiger partial charge in [0, 0.05) is 5.92 Å². The van der Waals surface area contributed by atoms with Gasteiger partial charge in [-0.2, -0.15) is 0 Å². The molecule has 3 nitrogen and oxygen atoms in total. The van der Waals surface area contributed by atoms with E-state index in [1.165, 1.54) is 42.0 Å². The molecule has 0 aromatic heterocycles. The van der Waals surface area contributed by atoms with Gasteiger partial charge in [0.05, 0.1) is 12.4 Å². The van der Waals surface area contributed by atoms with Crippen LogP contribution < -0.4 is 17.3 Å². The largest absolute Gasteiger partial charge is 1.00 e. The van der Waals surface area contributed by atoms with Crippen LogP contribution in [0.5, 0.6) is 0 Å². The fourth-order valence-corrected chi connectivity index (χ4v) is 2.80. The SMILES string of the molecule is CC1CCC(C2=C3C=NC=C[NH+]3C=N2)CC1.[Cl-]. The van der Waals surface area contributed by atoms with Crippen LogP contribution in [0.2, 0.25) is 0 Å². The molecule has 0 radical (unpaired) electrons. The average Bonchev–Trinajstić information content (AvgIpc) is 2.74. The summed E-state index contributed by atoms with van der Waals surface area (Å²) in [6, 6.07) is 0. The summed E-state index contributed by atoms with van der Waals surface area (Å²) in [6.07, 6.45) is 13.1. The van der Waals surface area contributed by atoms with E-state index in [2.05, 4.69) is 23.1 Å². The van der Waals surface area contributed by atoms with Crippen molar-refractivity contribution in [3.8, 4) is 0 Å². The average molecular weight is 252 g/mol. The molecule has 0 amide bonds. The molecule has 1 saturated carbocycles. The Bertz CT molecular complexity index is 401. The summed E-state index contributed by atoms with van der Waals surface area (Å²) < 4.78 is 0. The third kappa shape index (κ3) is 2.35. The summed E-state index contributed by atoms with van der Waals surface area (Å²) in [7, 11) is 0. The Morgan fingerprint density at radius 3 is 2.76 bits per heavy atom. The minimum Gasteiger partial charge on any atom is -1.00 e. The molecule has 0 saturated heterocycles. The molecule has 1 aliphatic carbocycles. The third-order valence-corrected chi connectivity index (χ3v) is 3.88. The zero-order valence-electron chi connectivity index (χ0n) is 10.1. The molecule has 1 unspecified atom stereocenters. The van der Waals surface area contributed by atoms with Crippen molar-refractivity contribution in [2.75, 3.05) is 0 Å². The lowest BCUT2D eigenvalue weighted by molar-refractivity contribution is -0.682. The molecule has 1 atom stereocenters. The molecule has 92 valence electrons. The van der Waals surface area contributed by atoms with Crippen LogP contribution in [0.1, 0.15) is 32.6 Å². The third-order valence-electron chi connectivity index (χ3n) is 3.88. The van der Waals surface area contributed by atoms with Crippen LogP contribution in [0.3, 0.4) is 0 Å². The molecule has 0 aromatic rings. The number of rotatable bonds is 1. The highest BCUT2D eigenvalue weighted by molar-refractivity contribution is 5.81. The second kappa shape index (κ2) is 5.15. The summed E-state index contributed by atoms with van der Waals surface area (Å²) in [6.45, 7) is 2.36. The van der Waals surface area contributed by atoms with E-state index < -0.39 is 0 Å². The van der Waals surface area contributed by atoms with Crippen molar-refractivity contribution in [2.45, 2.75) is 32.6 Å². The smallest absolute Gasteiger partial charge is 0.198 e. The van der Waals surface area contributed by atoms with Crippen LogP contribution in [0.25, 0.3) is 0 Å². The van der Waals surface area contributed by atoms with Crippen molar-refractivity contribution in [2.24, 2.45) is 21.8 Å². The van der Waals surface area contributed by atoms with Gasteiger partial charge in [-0.05, 0) is 18.8 Å². The number of fused-ring (bicyclic) bond motifs is 1. The molecule has 17 heavy (non-hydrogen) atoms. The first-order chi connectivity index (χ1) is 7.84. The Balaban J connectivity index is 0.00000108. The molecule has 3 rings (SSSR count). The summed E-state index contributed by atoms with van der Waals surface area (Å²) in [4.78, 5) is 10.1. The van der Waals surface area contributed by atoms with Crippen molar-refractivity contribution in [1.82, 2.24) is 0 Å². The van der Waals surface area contributed by atoms with Crippen LogP contribution in [0.4, 0.5) is 0 Å². The van der Waals surface area contributed by atoms with Crippen molar-refractivity contribution in [1.29, 1.82) is 0 Å². The van der Waals surface area contributed by atoms with Gasteiger partial charge in [-0.25, -0.2) is 9.89 Å². The number of halogens is 1. The van der Waals surface area contributed by atoms with Crippen LogP contribution in [-0.2, 0) is 0 Å². The Hall–Kier alpha value is -0.930. The first kappa shape index (κ1) is 12.5. The Morgan fingerprint density at radius 1 is 1.24 bits per heavy atom. The predicted molar refractivity (Wildman–Crippen MR) is 65.2 cm³/mol. The second-order valence-electron chi connectivity index (χ2n) is 5.06. The van der Waals surface area contributed by atoms with Gasteiger partial charge in [-0.3, -0.25) is 4.99 Å². The quantitative estimate of drug-likeness (QED) is 0.589. The summed E-state index contributed by atoms with van der Waals surface area (Å²) in [5.41, 5.74) is 2.55. The maximum atomic E-state index is 4.60. The molecule has 4 heteroatoms. The molecule has 0 spiro atoms. The van der Waals surface area contributed by atoms with Gasteiger partial charge < -0.3 is 12.4 Å². The van der Waals surface area contributed by atoms with Gasteiger partial charge in [0.15, 0.2) is 12.0 Å². The first-order valence-corrected chi connectivity index (χ1v) is 6.20. The summed E-state index contributed by atoms with van der Waals surface area (Å²) in [5, 5.41) is 0. The van der Waals surface area contributed by atoms with E-state index in [1.807, 2.05) is 18.8 Å². The Labute approximate surface area is 108 Å². The second-order valence-corrected chi connectivity index (χ2v) is 5.06. The highest BCUT2D eigenvalue weighted by Crippen LogP contribution is 2.34. The molecule has 1 fully saturated rings. The van der Waals surface area contributed by atoms with Gasteiger partial charge in [-0.15, -0.1) is 0 Å².